The molecule has 5 heteroatoms. The predicted molar refractivity (Wildman–Crippen MR) is 69.9 cm³/mol. The first-order chi connectivity index (χ1) is 8.40. The molecule has 1 fully saturated rings. The van der Waals surface area contributed by atoms with Crippen molar-refractivity contribution in [3.8, 4) is 0 Å². The summed E-state index contributed by atoms with van der Waals surface area (Å²) in [6.45, 7) is 3.64. The average Bonchev–Trinajstić information content (AvgIpc) is 3.11. The van der Waals surface area contributed by atoms with Crippen molar-refractivity contribution in [2.75, 3.05) is 0 Å². The molecular formula is C13H19NO3S. The van der Waals surface area contributed by atoms with Gasteiger partial charge in [-0.05, 0) is 37.5 Å². The fourth-order valence-corrected chi connectivity index (χ4v) is 3.02. The second-order valence-electron chi connectivity index (χ2n) is 4.99. The van der Waals surface area contributed by atoms with Crippen LogP contribution in [0.3, 0.4) is 0 Å². The Kier molecular flexibility index (Phi) is 3.75. The lowest BCUT2D eigenvalue weighted by Crippen LogP contribution is -2.25. The Hall–Kier alpha value is -0.910. The number of nitrogens with one attached hydrogen (secondary N) is 1. The summed E-state index contributed by atoms with van der Waals surface area (Å²) in [6, 6.07) is 6.83. The summed E-state index contributed by atoms with van der Waals surface area (Å²) < 4.78 is 26.5. The van der Waals surface area contributed by atoms with Gasteiger partial charge in [0.1, 0.15) is 0 Å². The third-order valence-electron chi connectivity index (χ3n) is 3.34. The highest BCUT2D eigenvalue weighted by molar-refractivity contribution is 7.89. The van der Waals surface area contributed by atoms with Crippen molar-refractivity contribution in [1.29, 1.82) is 0 Å². The van der Waals surface area contributed by atoms with Crippen LogP contribution in [0.2, 0.25) is 0 Å². The number of aliphatic hydroxyl groups is 1. The Labute approximate surface area is 108 Å². The molecular weight excluding hydrogens is 250 g/mol. The van der Waals surface area contributed by atoms with E-state index in [0.717, 1.165) is 18.4 Å². The molecule has 1 aromatic carbocycles. The van der Waals surface area contributed by atoms with Crippen molar-refractivity contribution in [2.24, 2.45) is 0 Å². The first-order valence-electron chi connectivity index (χ1n) is 6.20. The number of hydrogen-bond donors (Lipinski definition) is 2. The molecule has 1 aliphatic rings. The molecule has 0 saturated heterocycles. The number of rotatable bonds is 5. The van der Waals surface area contributed by atoms with E-state index in [4.69, 9.17) is 0 Å². The van der Waals surface area contributed by atoms with Crippen molar-refractivity contribution < 1.29 is 13.5 Å². The van der Waals surface area contributed by atoms with E-state index < -0.39 is 16.1 Å². The highest BCUT2D eigenvalue weighted by atomic mass is 32.2. The molecule has 0 radical (unpaired) electrons. The van der Waals surface area contributed by atoms with Crippen LogP contribution in [-0.4, -0.2) is 25.7 Å². The zero-order chi connectivity index (χ0) is 13.3. The number of aliphatic hydroxyl groups excluding tert-OH is 1. The fourth-order valence-electron chi connectivity index (χ4n) is 1.72. The second kappa shape index (κ2) is 4.99. The van der Waals surface area contributed by atoms with Crippen LogP contribution in [0.5, 0.6) is 0 Å². The van der Waals surface area contributed by atoms with Crippen LogP contribution in [0.15, 0.2) is 29.2 Å². The van der Waals surface area contributed by atoms with Crippen molar-refractivity contribution in [3.63, 3.8) is 0 Å². The van der Waals surface area contributed by atoms with Crippen molar-refractivity contribution in [2.45, 2.75) is 49.6 Å². The minimum Gasteiger partial charge on any atom is -0.393 e. The quantitative estimate of drug-likeness (QED) is 0.853. The molecule has 18 heavy (non-hydrogen) atoms. The highest BCUT2D eigenvalue weighted by Gasteiger charge is 2.27. The SMILES string of the molecule is CC(O)C(C)c1ccc(S(=O)(=O)NC2CC2)cc1. The summed E-state index contributed by atoms with van der Waals surface area (Å²) in [4.78, 5) is 0.288. The van der Waals surface area contributed by atoms with Crippen molar-refractivity contribution in [1.82, 2.24) is 4.72 Å². The average molecular weight is 269 g/mol. The van der Waals surface area contributed by atoms with Gasteiger partial charge in [-0.1, -0.05) is 19.1 Å². The summed E-state index contributed by atoms with van der Waals surface area (Å²) in [5.74, 6) is -0.00172. The van der Waals surface area contributed by atoms with Crippen molar-refractivity contribution >= 4 is 10.0 Å². The Morgan fingerprint density at radius 2 is 1.78 bits per heavy atom. The molecule has 2 N–H and O–H groups in total. The first kappa shape index (κ1) is 13.5. The lowest BCUT2D eigenvalue weighted by molar-refractivity contribution is 0.169. The lowest BCUT2D eigenvalue weighted by atomic mass is 9.97. The van der Waals surface area contributed by atoms with Crippen molar-refractivity contribution in [3.05, 3.63) is 29.8 Å². The summed E-state index contributed by atoms with van der Waals surface area (Å²) in [5, 5.41) is 9.50. The molecule has 4 nitrogen and oxygen atoms in total. The monoisotopic (exact) mass is 269 g/mol. The normalized spacial score (nSPS) is 19.5. The van der Waals surface area contributed by atoms with Gasteiger partial charge in [-0.25, -0.2) is 13.1 Å². The van der Waals surface area contributed by atoms with Gasteiger partial charge < -0.3 is 5.11 Å². The van der Waals surface area contributed by atoms with Crippen LogP contribution in [-0.2, 0) is 10.0 Å². The van der Waals surface area contributed by atoms with E-state index in [1.807, 2.05) is 6.92 Å². The van der Waals surface area contributed by atoms with Gasteiger partial charge in [-0.15, -0.1) is 0 Å². The van der Waals surface area contributed by atoms with E-state index in [1.165, 1.54) is 0 Å². The lowest BCUT2D eigenvalue weighted by Gasteiger charge is -2.15. The minimum absolute atomic E-state index is 0.00172. The maximum absolute atomic E-state index is 11.9. The van der Waals surface area contributed by atoms with Crippen LogP contribution in [0.25, 0.3) is 0 Å². The van der Waals surface area contributed by atoms with Crippen LogP contribution < -0.4 is 4.72 Å². The van der Waals surface area contributed by atoms with Gasteiger partial charge in [-0.2, -0.15) is 0 Å². The predicted octanol–water partition coefficient (Wildman–Crippen LogP) is 1.61. The Morgan fingerprint density at radius 1 is 1.22 bits per heavy atom. The van der Waals surface area contributed by atoms with E-state index in [2.05, 4.69) is 4.72 Å². The smallest absolute Gasteiger partial charge is 0.240 e. The molecule has 0 amide bonds. The van der Waals surface area contributed by atoms with Gasteiger partial charge in [-0.3, -0.25) is 0 Å². The molecule has 2 rings (SSSR count). The van der Waals surface area contributed by atoms with Crippen LogP contribution in [0, 0.1) is 0 Å². The molecule has 0 aromatic heterocycles. The third kappa shape index (κ3) is 3.10. The molecule has 0 spiro atoms. The van der Waals surface area contributed by atoms with Crippen LogP contribution in [0.1, 0.15) is 38.2 Å². The summed E-state index contributed by atoms with van der Waals surface area (Å²) in [5.41, 5.74) is 0.940. The Morgan fingerprint density at radius 3 is 2.22 bits per heavy atom. The number of sulfonamides is 1. The molecule has 0 bridgehead atoms. The van der Waals surface area contributed by atoms with E-state index in [-0.39, 0.29) is 16.9 Å². The summed E-state index contributed by atoms with van der Waals surface area (Å²) in [7, 11) is -3.37. The largest absolute Gasteiger partial charge is 0.393 e. The van der Waals surface area contributed by atoms with E-state index in [1.54, 1.807) is 31.2 Å². The standard InChI is InChI=1S/C13H19NO3S/c1-9(10(2)15)11-3-7-13(8-4-11)18(16,17)14-12-5-6-12/h3-4,7-10,12,14-15H,5-6H2,1-2H3. The van der Waals surface area contributed by atoms with Crippen LogP contribution in [0.4, 0.5) is 0 Å². The van der Waals surface area contributed by atoms with Gasteiger partial charge in [0.05, 0.1) is 11.0 Å². The Bertz CT molecular complexity index is 504. The second-order valence-corrected chi connectivity index (χ2v) is 6.71. The fraction of sp³-hybridized carbons (Fsp3) is 0.538. The van der Waals surface area contributed by atoms with Gasteiger partial charge in [0.25, 0.3) is 0 Å². The number of hydrogen-bond acceptors (Lipinski definition) is 3. The van der Waals surface area contributed by atoms with Gasteiger partial charge in [0, 0.05) is 12.0 Å². The first-order valence-corrected chi connectivity index (χ1v) is 7.69. The van der Waals surface area contributed by atoms with Gasteiger partial charge in [0.15, 0.2) is 0 Å². The zero-order valence-corrected chi connectivity index (χ0v) is 11.4. The van der Waals surface area contributed by atoms with E-state index >= 15 is 0 Å². The molecule has 1 aromatic rings. The molecule has 2 unspecified atom stereocenters. The molecule has 1 aliphatic carbocycles. The minimum atomic E-state index is -3.37. The summed E-state index contributed by atoms with van der Waals surface area (Å²) >= 11 is 0. The number of benzene rings is 1. The van der Waals surface area contributed by atoms with Gasteiger partial charge >= 0.3 is 0 Å². The maximum Gasteiger partial charge on any atom is 0.240 e. The topological polar surface area (TPSA) is 66.4 Å². The van der Waals surface area contributed by atoms with E-state index in [0.29, 0.717) is 0 Å². The molecule has 2 atom stereocenters. The molecule has 100 valence electrons. The van der Waals surface area contributed by atoms with Crippen LogP contribution >= 0.6 is 0 Å². The molecule has 1 saturated carbocycles. The van der Waals surface area contributed by atoms with E-state index in [9.17, 15) is 13.5 Å². The third-order valence-corrected chi connectivity index (χ3v) is 4.88. The Balaban J connectivity index is 2.16. The maximum atomic E-state index is 11.9. The zero-order valence-electron chi connectivity index (χ0n) is 10.6. The molecule has 0 heterocycles. The van der Waals surface area contributed by atoms with Gasteiger partial charge in [0.2, 0.25) is 10.0 Å². The highest BCUT2D eigenvalue weighted by Crippen LogP contribution is 2.24. The molecule has 0 aliphatic heterocycles. The summed E-state index contributed by atoms with van der Waals surface area (Å²) in [6.07, 6.45) is 1.41.